The monoisotopic (exact) mass is 544 g/mol. The molecule has 0 aromatic heterocycles. The number of carbonyl (C=O) groups excluding carboxylic acids is 4. The Hall–Kier alpha value is -2.87. The van der Waals surface area contributed by atoms with Crippen LogP contribution in [0.1, 0.15) is 25.3 Å². The van der Waals surface area contributed by atoms with Crippen molar-refractivity contribution in [1.82, 2.24) is 21.3 Å². The van der Waals surface area contributed by atoms with Crippen LogP contribution in [0.25, 0.3) is 0 Å². The van der Waals surface area contributed by atoms with E-state index < -0.39 is 58.5 Å². The number of hydrogen-bond acceptors (Lipinski definition) is 8. The molecule has 14 heteroatoms. The average Bonchev–Trinajstić information content (AvgIpc) is 2.82. The number of carboxylic acids is 1. The molecule has 1 rings (SSSR count). The Balaban J connectivity index is 3.13. The number of aliphatic carboxylic acids is 1. The number of amides is 4. The summed E-state index contributed by atoms with van der Waals surface area (Å²) >= 11 is 9.67. The third-order valence-electron chi connectivity index (χ3n) is 5.01. The van der Waals surface area contributed by atoms with Crippen LogP contribution >= 0.6 is 24.2 Å². The van der Waals surface area contributed by atoms with Crippen molar-refractivity contribution in [2.45, 2.75) is 55.1 Å². The fourth-order valence-corrected chi connectivity index (χ4v) is 3.55. The van der Waals surface area contributed by atoms with E-state index in [-0.39, 0.29) is 25.9 Å². The Morgan fingerprint density at radius 2 is 1.47 bits per heavy atom. The fourth-order valence-electron chi connectivity index (χ4n) is 3.17. The van der Waals surface area contributed by atoms with Gasteiger partial charge >= 0.3 is 5.97 Å². The van der Waals surface area contributed by atoms with Gasteiger partial charge in [-0.3, -0.25) is 19.2 Å². The molecule has 1 aromatic carbocycles. The van der Waals surface area contributed by atoms with E-state index >= 15 is 0 Å². The zero-order valence-corrected chi connectivity index (χ0v) is 21.4. The van der Waals surface area contributed by atoms with Crippen LogP contribution in [-0.2, 0) is 30.4 Å². The number of nitrogens with one attached hydrogen (secondary N) is 4. The van der Waals surface area contributed by atoms with Gasteiger partial charge in [0.1, 0.15) is 22.8 Å². The van der Waals surface area contributed by atoms with Gasteiger partial charge < -0.3 is 37.8 Å². The Kier molecular flexibility index (Phi) is 13.8. The maximum atomic E-state index is 13.2. The molecule has 5 atom stereocenters. The molecule has 0 spiro atoms. The highest BCUT2D eigenvalue weighted by Crippen LogP contribution is 2.10. The highest BCUT2D eigenvalue weighted by Gasteiger charge is 2.32. The summed E-state index contributed by atoms with van der Waals surface area (Å²) in [6, 6.07) is 3.84. The Bertz CT molecular complexity index is 906. The molecule has 9 N–H and O–H groups in total. The SMILES string of the molecule is CC(=O)N[C@@H](CN)C(=O)N[C@@H](CCCN)C(=O)N[C@@H](Cc1ccccc1)C(=O)N[C@H](C(=O)O)C(S)Cl. The van der Waals surface area contributed by atoms with E-state index in [1.54, 1.807) is 30.3 Å². The first-order valence-electron chi connectivity index (χ1n) is 11.2. The number of alkyl halides is 1. The maximum Gasteiger partial charge on any atom is 0.328 e. The number of rotatable bonds is 15. The van der Waals surface area contributed by atoms with Crippen molar-refractivity contribution < 1.29 is 29.1 Å². The first-order chi connectivity index (χ1) is 17.0. The first-order valence-corrected chi connectivity index (χ1v) is 12.1. The normalized spacial score (nSPS) is 14.9. The summed E-state index contributed by atoms with van der Waals surface area (Å²) in [7, 11) is 0. The molecule has 200 valence electrons. The van der Waals surface area contributed by atoms with Gasteiger partial charge in [-0.05, 0) is 24.9 Å². The van der Waals surface area contributed by atoms with E-state index in [1.165, 1.54) is 6.92 Å². The Morgan fingerprint density at radius 1 is 0.917 bits per heavy atom. The van der Waals surface area contributed by atoms with Crippen molar-refractivity contribution >= 4 is 53.8 Å². The lowest BCUT2D eigenvalue weighted by molar-refractivity contribution is -0.141. The van der Waals surface area contributed by atoms with Gasteiger partial charge in [0, 0.05) is 19.9 Å². The van der Waals surface area contributed by atoms with Gasteiger partial charge in [0.15, 0.2) is 6.04 Å². The molecule has 4 amide bonds. The van der Waals surface area contributed by atoms with E-state index in [2.05, 4.69) is 33.9 Å². The predicted molar refractivity (Wildman–Crippen MR) is 137 cm³/mol. The van der Waals surface area contributed by atoms with Gasteiger partial charge in [-0.2, -0.15) is 12.6 Å². The van der Waals surface area contributed by atoms with E-state index in [0.29, 0.717) is 12.0 Å². The molecule has 0 aliphatic heterocycles. The standard InChI is InChI=1S/C22H33ClN6O6S/c1-12(30)26-16(11-25)21(33)27-14(8-5-9-24)19(31)28-15(10-13-6-3-2-4-7-13)20(32)29-17(18(23)36)22(34)35/h2-4,6-7,14-18,36H,5,8-11,24-25H2,1H3,(H,26,30)(H,27,33)(H,28,31)(H,29,32)(H,34,35)/t14-,15-,16-,17-,18?/m0/s1. The molecule has 0 aliphatic carbocycles. The van der Waals surface area contributed by atoms with E-state index in [1.807, 2.05) is 0 Å². The number of carbonyl (C=O) groups is 5. The molecule has 0 saturated heterocycles. The second-order valence-corrected chi connectivity index (χ2v) is 9.26. The van der Waals surface area contributed by atoms with Crippen LogP contribution in [0, 0.1) is 0 Å². The van der Waals surface area contributed by atoms with Crippen molar-refractivity contribution in [3.8, 4) is 0 Å². The average molecular weight is 545 g/mol. The minimum atomic E-state index is -1.52. The molecular weight excluding hydrogens is 512 g/mol. The van der Waals surface area contributed by atoms with Crippen LogP contribution < -0.4 is 32.7 Å². The molecule has 0 radical (unpaired) electrons. The quantitative estimate of drug-likeness (QED) is 0.0957. The molecule has 12 nitrogen and oxygen atoms in total. The summed E-state index contributed by atoms with van der Waals surface area (Å²) in [6.07, 6.45) is 0.540. The number of benzene rings is 1. The highest BCUT2D eigenvalue weighted by molar-refractivity contribution is 7.82. The van der Waals surface area contributed by atoms with E-state index in [9.17, 15) is 29.1 Å². The van der Waals surface area contributed by atoms with Crippen molar-refractivity contribution in [3.05, 3.63) is 35.9 Å². The largest absolute Gasteiger partial charge is 0.480 e. The number of thiol groups is 1. The van der Waals surface area contributed by atoms with Crippen LogP contribution in [0.3, 0.4) is 0 Å². The summed E-state index contributed by atoms with van der Waals surface area (Å²) in [6.45, 7) is 1.26. The van der Waals surface area contributed by atoms with Gasteiger partial charge in [0.25, 0.3) is 0 Å². The molecule has 1 unspecified atom stereocenters. The van der Waals surface area contributed by atoms with Crippen LogP contribution in [0.5, 0.6) is 0 Å². The predicted octanol–water partition coefficient (Wildman–Crippen LogP) is -1.53. The molecule has 0 aliphatic rings. The summed E-state index contributed by atoms with van der Waals surface area (Å²) < 4.78 is -1.22. The van der Waals surface area contributed by atoms with Crippen LogP contribution in [-0.4, -0.2) is 76.7 Å². The number of halogens is 1. The van der Waals surface area contributed by atoms with Crippen molar-refractivity contribution in [2.24, 2.45) is 11.5 Å². The smallest absolute Gasteiger partial charge is 0.328 e. The topological polar surface area (TPSA) is 206 Å². The minimum absolute atomic E-state index is 0.0269. The Labute approximate surface area is 219 Å². The lowest BCUT2D eigenvalue weighted by Crippen LogP contribution is -2.59. The molecule has 1 aromatic rings. The van der Waals surface area contributed by atoms with Gasteiger partial charge in [-0.25, -0.2) is 4.79 Å². The minimum Gasteiger partial charge on any atom is -0.480 e. The third kappa shape index (κ3) is 10.8. The third-order valence-corrected chi connectivity index (χ3v) is 5.56. The number of nitrogens with two attached hydrogens (primary N) is 2. The summed E-state index contributed by atoms with van der Waals surface area (Å²) in [5.74, 6) is -4.06. The van der Waals surface area contributed by atoms with Gasteiger partial charge in [0.05, 0.1) is 0 Å². The van der Waals surface area contributed by atoms with E-state index in [0.717, 1.165) is 0 Å². The van der Waals surface area contributed by atoms with Gasteiger partial charge in [0.2, 0.25) is 23.6 Å². The second-order valence-electron chi connectivity index (χ2n) is 7.93. The van der Waals surface area contributed by atoms with Crippen LogP contribution in [0.15, 0.2) is 30.3 Å². The van der Waals surface area contributed by atoms with Crippen LogP contribution in [0.2, 0.25) is 0 Å². The summed E-state index contributed by atoms with van der Waals surface area (Å²) in [5.41, 5.74) is 11.8. The fraction of sp³-hybridized carbons (Fsp3) is 0.500. The lowest BCUT2D eigenvalue weighted by Gasteiger charge is -2.26. The number of carboxylic acid groups (broad SMARTS) is 1. The first kappa shape index (κ1) is 31.2. The van der Waals surface area contributed by atoms with E-state index in [4.69, 9.17) is 23.1 Å². The molecule has 0 saturated carbocycles. The summed E-state index contributed by atoms with van der Waals surface area (Å²) in [5, 5.41) is 19.1. The van der Waals surface area contributed by atoms with Crippen molar-refractivity contribution in [2.75, 3.05) is 13.1 Å². The molecule has 0 bridgehead atoms. The van der Waals surface area contributed by atoms with Gasteiger partial charge in [-0.15, -0.1) is 11.6 Å². The van der Waals surface area contributed by atoms with Crippen molar-refractivity contribution in [1.29, 1.82) is 0 Å². The molecule has 36 heavy (non-hydrogen) atoms. The molecule has 0 fully saturated rings. The van der Waals surface area contributed by atoms with Gasteiger partial charge in [-0.1, -0.05) is 30.3 Å². The highest BCUT2D eigenvalue weighted by atomic mass is 35.5. The number of hydrogen-bond donors (Lipinski definition) is 8. The van der Waals surface area contributed by atoms with Crippen LogP contribution in [0.4, 0.5) is 0 Å². The lowest BCUT2D eigenvalue weighted by atomic mass is 10.0. The molecule has 0 heterocycles. The zero-order chi connectivity index (χ0) is 27.3. The zero-order valence-electron chi connectivity index (χ0n) is 19.8. The second kappa shape index (κ2) is 16.0. The van der Waals surface area contributed by atoms with Crippen molar-refractivity contribution in [3.63, 3.8) is 0 Å². The maximum absolute atomic E-state index is 13.2. The molecular formula is C22H33ClN6O6S. The summed E-state index contributed by atoms with van der Waals surface area (Å²) in [4.78, 5) is 61.6. The Morgan fingerprint density at radius 3 is 1.97 bits per heavy atom.